The van der Waals surface area contributed by atoms with Gasteiger partial charge in [0.1, 0.15) is 0 Å². The monoisotopic (exact) mass is 235 g/mol. The second-order valence-electron chi connectivity index (χ2n) is 4.47. The molecule has 1 fully saturated rings. The topological polar surface area (TPSA) is 61.6 Å². The lowest BCUT2D eigenvalue weighted by Gasteiger charge is -2.49. The number of hydrogen-bond acceptors (Lipinski definition) is 4. The maximum atomic E-state index is 11.0. The number of benzene rings is 1. The van der Waals surface area contributed by atoms with E-state index in [0.717, 1.165) is 30.4 Å². The molecule has 2 aliphatic rings. The smallest absolute Gasteiger partial charge is 0.273 e. The molecule has 1 heterocycles. The lowest BCUT2D eigenvalue weighted by molar-refractivity contribution is -0.460. The minimum absolute atomic E-state index is 0.174. The Bertz CT molecular complexity index is 479. The van der Waals surface area contributed by atoms with Crippen molar-refractivity contribution in [1.82, 2.24) is 0 Å². The molecule has 0 bridgehead atoms. The maximum Gasteiger partial charge on any atom is 0.273 e. The summed E-state index contributed by atoms with van der Waals surface area (Å²) in [5.41, 5.74) is 1.76. The molecule has 0 aromatic heterocycles. The van der Waals surface area contributed by atoms with E-state index in [0.29, 0.717) is 0 Å². The van der Waals surface area contributed by atoms with E-state index in [2.05, 4.69) is 0 Å². The van der Waals surface area contributed by atoms with Gasteiger partial charge in [0.15, 0.2) is 6.29 Å². The molecular formula is C12H13NO4. The lowest BCUT2D eigenvalue weighted by Crippen LogP contribution is -2.51. The Hall–Kier alpha value is -1.46. The molecule has 5 nitrogen and oxygen atoms in total. The normalized spacial score (nSPS) is 30.8. The van der Waals surface area contributed by atoms with Gasteiger partial charge in [-0.05, 0) is 19.8 Å². The van der Waals surface area contributed by atoms with Gasteiger partial charge in [-0.15, -0.1) is 0 Å². The molecule has 5 heteroatoms. The van der Waals surface area contributed by atoms with Crippen molar-refractivity contribution in [2.24, 2.45) is 0 Å². The fourth-order valence-electron chi connectivity index (χ4n) is 2.79. The van der Waals surface area contributed by atoms with Crippen LogP contribution in [0.1, 0.15) is 30.9 Å². The zero-order valence-corrected chi connectivity index (χ0v) is 9.51. The Balaban J connectivity index is 2.10. The summed E-state index contributed by atoms with van der Waals surface area (Å²) in [5, 5.41) is 11.0. The summed E-state index contributed by atoms with van der Waals surface area (Å²) < 4.78 is 11.4. The predicted octanol–water partition coefficient (Wildman–Crippen LogP) is 2.48. The van der Waals surface area contributed by atoms with Crippen LogP contribution in [0.5, 0.6) is 0 Å². The number of ether oxygens (including phenoxy) is 2. The highest BCUT2D eigenvalue weighted by Gasteiger charge is 2.50. The van der Waals surface area contributed by atoms with Gasteiger partial charge in [0, 0.05) is 23.6 Å². The molecule has 0 saturated carbocycles. The van der Waals surface area contributed by atoms with E-state index >= 15 is 0 Å². The third-order valence-corrected chi connectivity index (χ3v) is 3.40. The summed E-state index contributed by atoms with van der Waals surface area (Å²) in [5.74, 6) is -0.723. The van der Waals surface area contributed by atoms with Gasteiger partial charge in [0.05, 0.1) is 4.92 Å². The minimum Gasteiger partial charge on any atom is -0.317 e. The highest BCUT2D eigenvalue weighted by molar-refractivity contribution is 5.49. The van der Waals surface area contributed by atoms with Crippen molar-refractivity contribution in [3.05, 3.63) is 39.4 Å². The number of nitrogens with zero attached hydrogens (tertiary/aromatic N) is 1. The van der Waals surface area contributed by atoms with Crippen LogP contribution in [0, 0.1) is 10.1 Å². The molecule has 0 amide bonds. The average Bonchev–Trinajstić information content (AvgIpc) is 2.27. The Labute approximate surface area is 98.5 Å². The molecule has 1 aliphatic heterocycles. The number of fused-ring (bicyclic) bond motifs is 2. The van der Waals surface area contributed by atoms with Crippen molar-refractivity contribution in [1.29, 1.82) is 0 Å². The van der Waals surface area contributed by atoms with Crippen molar-refractivity contribution < 1.29 is 14.4 Å². The highest BCUT2D eigenvalue weighted by atomic mass is 16.9. The van der Waals surface area contributed by atoms with Gasteiger partial charge >= 0.3 is 0 Å². The van der Waals surface area contributed by atoms with Crippen LogP contribution in [-0.2, 0) is 21.7 Å². The summed E-state index contributed by atoms with van der Waals surface area (Å²) in [6, 6.07) is 5.10. The van der Waals surface area contributed by atoms with Crippen LogP contribution in [0.2, 0.25) is 0 Å². The van der Waals surface area contributed by atoms with E-state index in [9.17, 15) is 10.1 Å². The summed E-state index contributed by atoms with van der Waals surface area (Å²) >= 11 is 0. The third kappa shape index (κ3) is 1.46. The van der Waals surface area contributed by atoms with Gasteiger partial charge in [0.2, 0.25) is 5.79 Å². The second-order valence-corrected chi connectivity index (χ2v) is 4.47. The van der Waals surface area contributed by atoms with Crippen LogP contribution in [0.4, 0.5) is 5.69 Å². The Kier molecular flexibility index (Phi) is 2.21. The van der Waals surface area contributed by atoms with Crippen LogP contribution in [0.15, 0.2) is 18.2 Å². The van der Waals surface area contributed by atoms with Gasteiger partial charge in [-0.25, -0.2) is 0 Å². The molecule has 0 radical (unpaired) electrons. The summed E-state index contributed by atoms with van der Waals surface area (Å²) in [7, 11) is 0. The van der Waals surface area contributed by atoms with Crippen molar-refractivity contribution in [2.45, 2.75) is 38.3 Å². The molecule has 1 spiro atoms. The van der Waals surface area contributed by atoms with Gasteiger partial charge < -0.3 is 9.47 Å². The number of hydrogen-bond donors (Lipinski definition) is 0. The van der Waals surface area contributed by atoms with Gasteiger partial charge in [-0.3, -0.25) is 10.1 Å². The maximum absolute atomic E-state index is 11.0. The molecule has 1 aromatic rings. The minimum atomic E-state index is -0.723. The van der Waals surface area contributed by atoms with Crippen LogP contribution in [0.3, 0.4) is 0 Å². The molecule has 3 rings (SSSR count). The first-order valence-electron chi connectivity index (χ1n) is 5.75. The van der Waals surface area contributed by atoms with E-state index in [4.69, 9.17) is 9.47 Å². The highest BCUT2D eigenvalue weighted by Crippen LogP contribution is 2.48. The van der Waals surface area contributed by atoms with Crippen molar-refractivity contribution >= 4 is 5.69 Å². The standard InChI is InChI=1S/C12H13NO4/c1-8-16-12(17-8)7-3-4-9-10(12)5-2-6-11(9)13(14)15/h2,5-6,8H,3-4,7H2,1H3. The Morgan fingerprint density at radius 2 is 2.24 bits per heavy atom. The molecule has 17 heavy (non-hydrogen) atoms. The van der Waals surface area contributed by atoms with Gasteiger partial charge in [-0.2, -0.15) is 0 Å². The quantitative estimate of drug-likeness (QED) is 0.554. The molecule has 0 N–H and O–H groups in total. The Morgan fingerprint density at radius 3 is 2.88 bits per heavy atom. The van der Waals surface area contributed by atoms with E-state index in [1.54, 1.807) is 12.1 Å². The molecule has 0 unspecified atom stereocenters. The summed E-state index contributed by atoms with van der Waals surface area (Å²) in [4.78, 5) is 10.6. The average molecular weight is 235 g/mol. The molecule has 1 saturated heterocycles. The fraction of sp³-hybridized carbons (Fsp3) is 0.500. The van der Waals surface area contributed by atoms with Crippen LogP contribution >= 0.6 is 0 Å². The largest absolute Gasteiger partial charge is 0.317 e. The van der Waals surface area contributed by atoms with Crippen molar-refractivity contribution in [3.63, 3.8) is 0 Å². The molecular weight excluding hydrogens is 222 g/mol. The van der Waals surface area contributed by atoms with Gasteiger partial charge in [0.25, 0.3) is 5.69 Å². The van der Waals surface area contributed by atoms with E-state index in [1.807, 2.05) is 13.0 Å². The fourth-order valence-corrected chi connectivity index (χ4v) is 2.79. The van der Waals surface area contributed by atoms with Crippen LogP contribution in [-0.4, -0.2) is 11.2 Å². The van der Waals surface area contributed by atoms with Crippen molar-refractivity contribution in [3.8, 4) is 0 Å². The predicted molar refractivity (Wildman–Crippen MR) is 59.3 cm³/mol. The second kappa shape index (κ2) is 3.51. The molecule has 0 atom stereocenters. The first kappa shape index (κ1) is 10.7. The van der Waals surface area contributed by atoms with E-state index in [1.165, 1.54) is 0 Å². The molecule has 90 valence electrons. The zero-order valence-electron chi connectivity index (χ0n) is 9.51. The van der Waals surface area contributed by atoms with Crippen molar-refractivity contribution in [2.75, 3.05) is 0 Å². The van der Waals surface area contributed by atoms with Gasteiger partial charge in [-0.1, -0.05) is 12.1 Å². The first-order chi connectivity index (χ1) is 8.12. The first-order valence-corrected chi connectivity index (χ1v) is 5.75. The number of nitro benzene ring substituents is 1. The van der Waals surface area contributed by atoms with Crippen LogP contribution < -0.4 is 0 Å². The summed E-state index contributed by atoms with van der Waals surface area (Å²) in [6.07, 6.45) is 2.12. The SMILES string of the molecule is CC1OC2(CCCc3c([N+](=O)[O-])cccc32)O1. The Morgan fingerprint density at radius 1 is 1.47 bits per heavy atom. The molecule has 1 aliphatic carbocycles. The summed E-state index contributed by atoms with van der Waals surface area (Å²) in [6.45, 7) is 1.83. The number of nitro groups is 1. The lowest BCUT2D eigenvalue weighted by atomic mass is 9.84. The van der Waals surface area contributed by atoms with E-state index < -0.39 is 5.79 Å². The zero-order chi connectivity index (χ0) is 12.0. The third-order valence-electron chi connectivity index (χ3n) is 3.40. The van der Waals surface area contributed by atoms with E-state index in [-0.39, 0.29) is 16.9 Å². The number of rotatable bonds is 1. The molecule has 1 aromatic carbocycles. The van der Waals surface area contributed by atoms with Crippen LogP contribution in [0.25, 0.3) is 0 Å².